The van der Waals surface area contributed by atoms with Gasteiger partial charge < -0.3 is 4.74 Å². The van der Waals surface area contributed by atoms with Gasteiger partial charge in [-0.2, -0.15) is 8.78 Å². The van der Waals surface area contributed by atoms with Crippen molar-refractivity contribution in [2.45, 2.75) is 152 Å². The van der Waals surface area contributed by atoms with Crippen molar-refractivity contribution >= 4 is 0 Å². The molecule has 0 atom stereocenters. The Bertz CT molecular complexity index is 1680. The molecule has 2 aliphatic carbocycles. The lowest BCUT2D eigenvalue weighted by atomic mass is 9.68. The molecule has 0 spiro atoms. The molecular weight excluding hydrogens is 743 g/mol. The second kappa shape index (κ2) is 26.4. The van der Waals surface area contributed by atoms with Crippen LogP contribution in [0.15, 0.2) is 78.9 Å². The van der Waals surface area contributed by atoms with Crippen molar-refractivity contribution in [3.63, 3.8) is 0 Å². The van der Waals surface area contributed by atoms with Gasteiger partial charge in [-0.05, 0) is 103 Å². The van der Waals surface area contributed by atoms with E-state index >= 15 is 0 Å². The van der Waals surface area contributed by atoms with Gasteiger partial charge in [0.25, 0.3) is 0 Å². The highest BCUT2D eigenvalue weighted by Crippen LogP contribution is 2.46. The summed E-state index contributed by atoms with van der Waals surface area (Å²) >= 11 is 0. The van der Waals surface area contributed by atoms with Gasteiger partial charge in [-0.25, -0.2) is 17.6 Å². The van der Waals surface area contributed by atoms with E-state index in [0.29, 0.717) is 42.4 Å². The molecule has 0 amide bonds. The summed E-state index contributed by atoms with van der Waals surface area (Å²) in [5.74, 6) is -4.67. The average Bonchev–Trinajstić information content (AvgIpc) is 3.26. The normalized spacial score (nSPS) is 18.7. The van der Waals surface area contributed by atoms with Crippen molar-refractivity contribution in [3.05, 3.63) is 113 Å². The Morgan fingerprint density at radius 2 is 1.02 bits per heavy atom. The largest absolute Gasteiger partial charge is 0.432 e. The monoisotopic (exact) mass is 813 g/mol. The van der Waals surface area contributed by atoms with Crippen molar-refractivity contribution < 1.29 is 31.1 Å². The third-order valence-electron chi connectivity index (χ3n) is 11.2. The quantitative estimate of drug-likeness (QED) is 0.108. The van der Waals surface area contributed by atoms with E-state index in [4.69, 9.17) is 0 Å². The topological polar surface area (TPSA) is 9.23 Å². The highest BCUT2D eigenvalue weighted by molar-refractivity contribution is 5.71. The van der Waals surface area contributed by atoms with Gasteiger partial charge in [0.1, 0.15) is 11.6 Å². The molecule has 0 N–H and O–H groups in total. The molecule has 0 unspecified atom stereocenters. The second-order valence-electron chi connectivity index (χ2n) is 14.7. The molecule has 0 radical (unpaired) electrons. The minimum absolute atomic E-state index is 0.171. The van der Waals surface area contributed by atoms with Crippen LogP contribution in [0, 0.1) is 46.9 Å². The van der Waals surface area contributed by atoms with Crippen molar-refractivity contribution in [1.82, 2.24) is 0 Å². The van der Waals surface area contributed by atoms with E-state index in [1.54, 1.807) is 6.07 Å². The first-order valence-corrected chi connectivity index (χ1v) is 22.2. The van der Waals surface area contributed by atoms with Crippen LogP contribution in [0.25, 0.3) is 22.3 Å². The first-order valence-electron chi connectivity index (χ1n) is 22.2. The Morgan fingerprint density at radius 1 is 0.534 bits per heavy atom. The molecule has 0 saturated heterocycles. The van der Waals surface area contributed by atoms with Crippen LogP contribution in [-0.2, 0) is 12.8 Å². The van der Waals surface area contributed by atoms with Crippen molar-refractivity contribution in [2.24, 2.45) is 23.7 Å². The summed E-state index contributed by atoms with van der Waals surface area (Å²) in [6, 6.07) is 23.0. The Balaban J connectivity index is 0.000000358. The summed E-state index contributed by atoms with van der Waals surface area (Å²) in [5.41, 5.74) is 6.15. The van der Waals surface area contributed by atoms with E-state index in [2.05, 4.69) is 61.9 Å². The summed E-state index contributed by atoms with van der Waals surface area (Å²) in [7, 11) is 0. The van der Waals surface area contributed by atoms with Gasteiger partial charge in [-0.1, -0.05) is 155 Å². The van der Waals surface area contributed by atoms with Crippen molar-refractivity contribution in [3.8, 4) is 28.0 Å². The minimum atomic E-state index is -3.53. The number of halogens is 6. The molecule has 0 aliphatic heterocycles. The number of benzene rings is 4. The number of alkyl halides is 2. The first kappa shape index (κ1) is 50.4. The van der Waals surface area contributed by atoms with E-state index in [0.717, 1.165) is 54.7 Å². The second-order valence-corrected chi connectivity index (χ2v) is 14.7. The summed E-state index contributed by atoms with van der Waals surface area (Å²) in [5, 5.41) is 0. The molecular formula is C51H70F6O. The lowest BCUT2D eigenvalue weighted by molar-refractivity contribution is -0.224. The summed E-state index contributed by atoms with van der Waals surface area (Å²) in [6.45, 7) is 18.5. The maximum absolute atomic E-state index is 14.6. The SMILES string of the molecule is CC.CC.CC.CCCC1CCC(C2CCC(C(F)(F)Oc3cc(F)c(F)c(F)c3)CC2)CC1.CCCc1ccc(-c2ccc(-c3ccc(CC)cc3)cc2F)cc1. The molecule has 4 aromatic carbocycles. The van der Waals surface area contributed by atoms with Crippen LogP contribution in [-0.4, -0.2) is 6.11 Å². The first-order chi connectivity index (χ1) is 28.0. The van der Waals surface area contributed by atoms with Crippen LogP contribution in [0.4, 0.5) is 26.3 Å². The fraction of sp³-hybridized carbons (Fsp3) is 0.529. The molecule has 6 rings (SSSR count). The molecule has 58 heavy (non-hydrogen) atoms. The highest BCUT2D eigenvalue weighted by atomic mass is 19.3. The standard InChI is InChI=1S/C23H23F.C22H29F5O.3C2H6/c1-3-5-18-8-12-20(13-9-18)22-15-14-21(16-23(22)24)19-10-6-17(4-2)7-11-19;1-2-3-14-4-6-15(7-5-14)16-8-10-17(11-9-16)22(26,27)28-18-12-19(23)21(25)20(24)13-18;3*1-2/h6-16H,3-5H2,1-2H3;12-17H,2-11H2,1H3;3*1-2H3. The number of rotatable bonds is 11. The number of aryl methyl sites for hydroxylation is 2. The van der Waals surface area contributed by atoms with Gasteiger partial charge in [0.15, 0.2) is 17.5 Å². The predicted octanol–water partition coefficient (Wildman–Crippen LogP) is 17.2. The fourth-order valence-electron chi connectivity index (χ4n) is 8.12. The molecule has 0 bridgehead atoms. The molecule has 2 aliphatic rings. The van der Waals surface area contributed by atoms with Gasteiger partial charge in [0.2, 0.25) is 0 Å². The van der Waals surface area contributed by atoms with Crippen LogP contribution in [0.2, 0.25) is 0 Å². The Morgan fingerprint density at radius 3 is 1.50 bits per heavy atom. The Labute approximate surface area is 347 Å². The van der Waals surface area contributed by atoms with Crippen LogP contribution in [0.1, 0.15) is 144 Å². The zero-order chi connectivity index (χ0) is 43.3. The van der Waals surface area contributed by atoms with Gasteiger partial charge in [-0.3, -0.25) is 0 Å². The van der Waals surface area contributed by atoms with E-state index in [1.807, 2.05) is 65.8 Å². The molecule has 322 valence electrons. The van der Waals surface area contributed by atoms with E-state index < -0.39 is 35.2 Å². The van der Waals surface area contributed by atoms with E-state index in [-0.39, 0.29) is 5.82 Å². The molecule has 2 fully saturated rings. The minimum Gasteiger partial charge on any atom is -0.432 e. The number of hydrogen-bond acceptors (Lipinski definition) is 1. The summed E-state index contributed by atoms with van der Waals surface area (Å²) in [4.78, 5) is 0. The zero-order valence-corrected chi connectivity index (χ0v) is 36.7. The molecule has 2 saturated carbocycles. The number of ether oxygens (including phenoxy) is 1. The Kier molecular flexibility index (Phi) is 22.9. The maximum atomic E-state index is 14.6. The molecule has 7 heteroatoms. The summed E-state index contributed by atoms with van der Waals surface area (Å²) < 4.78 is 87.7. The smallest absolute Gasteiger partial charge is 0.400 e. The van der Waals surface area contributed by atoms with Gasteiger partial charge in [0, 0.05) is 17.7 Å². The molecule has 0 aromatic heterocycles. The fourth-order valence-corrected chi connectivity index (χ4v) is 8.12. The molecule has 4 aromatic rings. The van der Waals surface area contributed by atoms with Gasteiger partial charge >= 0.3 is 6.11 Å². The molecule has 1 nitrogen and oxygen atoms in total. The summed E-state index contributed by atoms with van der Waals surface area (Å²) in [6.07, 6.45) is 9.21. The van der Waals surface area contributed by atoms with Crippen LogP contribution < -0.4 is 4.74 Å². The molecule has 0 heterocycles. The average molecular weight is 813 g/mol. The van der Waals surface area contributed by atoms with Crippen molar-refractivity contribution in [2.75, 3.05) is 0 Å². The predicted molar refractivity (Wildman–Crippen MR) is 232 cm³/mol. The van der Waals surface area contributed by atoms with E-state index in [1.165, 1.54) is 49.7 Å². The lowest BCUT2D eigenvalue weighted by Crippen LogP contribution is -2.38. The highest BCUT2D eigenvalue weighted by Gasteiger charge is 2.45. The van der Waals surface area contributed by atoms with Crippen LogP contribution in [0.5, 0.6) is 5.75 Å². The third kappa shape index (κ3) is 14.8. The lowest BCUT2D eigenvalue weighted by Gasteiger charge is -2.39. The van der Waals surface area contributed by atoms with Crippen LogP contribution >= 0.6 is 0 Å². The van der Waals surface area contributed by atoms with Gasteiger partial charge in [0.05, 0.1) is 5.92 Å². The van der Waals surface area contributed by atoms with E-state index in [9.17, 15) is 26.3 Å². The number of hydrogen-bond donors (Lipinski definition) is 0. The zero-order valence-electron chi connectivity index (χ0n) is 36.7. The maximum Gasteiger partial charge on any atom is 0.400 e. The Hall–Kier alpha value is -3.74. The van der Waals surface area contributed by atoms with Gasteiger partial charge in [-0.15, -0.1) is 0 Å². The third-order valence-corrected chi connectivity index (χ3v) is 11.2. The van der Waals surface area contributed by atoms with Crippen LogP contribution in [0.3, 0.4) is 0 Å². The van der Waals surface area contributed by atoms with Crippen molar-refractivity contribution in [1.29, 1.82) is 0 Å².